The van der Waals surface area contributed by atoms with Gasteiger partial charge in [0.25, 0.3) is 11.5 Å². The first-order valence-electron chi connectivity index (χ1n) is 7.97. The molecule has 2 aromatic heterocycles. The maximum Gasteiger partial charge on any atom is 0.329 e. The number of H-pyrrole nitrogens is 1. The monoisotopic (exact) mass is 330 g/mol. The van der Waals surface area contributed by atoms with Crippen LogP contribution in [0, 0.1) is 0 Å². The van der Waals surface area contributed by atoms with E-state index in [0.29, 0.717) is 18.7 Å². The average Bonchev–Trinajstić information content (AvgIpc) is 2.55. The van der Waals surface area contributed by atoms with Crippen LogP contribution >= 0.6 is 0 Å². The van der Waals surface area contributed by atoms with Crippen molar-refractivity contribution in [3.8, 4) is 0 Å². The van der Waals surface area contributed by atoms with Crippen LogP contribution in [0.3, 0.4) is 0 Å². The molecule has 128 valence electrons. The Morgan fingerprint density at radius 1 is 1.46 bits per heavy atom. The van der Waals surface area contributed by atoms with Gasteiger partial charge in [0.15, 0.2) is 5.65 Å². The van der Waals surface area contributed by atoms with E-state index in [4.69, 9.17) is 0 Å². The van der Waals surface area contributed by atoms with Crippen LogP contribution in [0.25, 0.3) is 11.0 Å². The minimum atomic E-state index is -0.603. The third-order valence-corrected chi connectivity index (χ3v) is 3.66. The lowest BCUT2D eigenvalue weighted by Gasteiger charge is -2.14. The summed E-state index contributed by atoms with van der Waals surface area (Å²) < 4.78 is 1.41. The molecule has 0 fully saturated rings. The van der Waals surface area contributed by atoms with Crippen LogP contribution in [0.2, 0.25) is 0 Å². The molecule has 0 saturated heterocycles. The number of nitrogens with zero attached hydrogens (tertiary/aromatic N) is 2. The van der Waals surface area contributed by atoms with Gasteiger partial charge in [-0.2, -0.15) is 0 Å². The molecule has 7 nitrogen and oxygen atoms in total. The lowest BCUT2D eigenvalue weighted by molar-refractivity contribution is 0.0959. The number of fused-ring (bicyclic) bond motifs is 1. The molecule has 0 aliphatic heterocycles. The number of rotatable bonds is 6. The van der Waals surface area contributed by atoms with Crippen molar-refractivity contribution in [2.75, 3.05) is 6.54 Å². The van der Waals surface area contributed by atoms with E-state index in [-0.39, 0.29) is 29.1 Å². The van der Waals surface area contributed by atoms with Crippen molar-refractivity contribution in [2.24, 2.45) is 0 Å². The van der Waals surface area contributed by atoms with Crippen LogP contribution in [-0.4, -0.2) is 27.0 Å². The number of amides is 1. The van der Waals surface area contributed by atoms with Gasteiger partial charge in [-0.05, 0) is 18.4 Å². The summed E-state index contributed by atoms with van der Waals surface area (Å²) in [6.07, 6.45) is 2.26. The largest absolute Gasteiger partial charge is 0.349 e. The summed E-state index contributed by atoms with van der Waals surface area (Å²) in [7, 11) is 0. The van der Waals surface area contributed by atoms with Gasteiger partial charge in [-0.3, -0.25) is 19.1 Å². The average molecular weight is 330 g/mol. The standard InChI is InChI=1S/C17H22N4O3/c1-5-7-18-15(22)11-9-12(10(3)4)19-14-13(11)16(23)20-17(24)21(14)8-6-2/h5,9-10H,1,6-8H2,2-4H3,(H,18,22)(H,20,23,24). The molecule has 7 heteroatoms. The van der Waals surface area contributed by atoms with Gasteiger partial charge in [-0.1, -0.05) is 26.8 Å². The van der Waals surface area contributed by atoms with Crippen molar-refractivity contribution in [1.29, 1.82) is 0 Å². The summed E-state index contributed by atoms with van der Waals surface area (Å²) in [6.45, 7) is 10.1. The van der Waals surface area contributed by atoms with Gasteiger partial charge < -0.3 is 5.32 Å². The molecule has 0 atom stereocenters. The van der Waals surface area contributed by atoms with Gasteiger partial charge in [0.05, 0.1) is 10.9 Å². The molecular weight excluding hydrogens is 308 g/mol. The number of nitrogens with one attached hydrogen (secondary N) is 2. The summed E-state index contributed by atoms with van der Waals surface area (Å²) in [6, 6.07) is 1.61. The van der Waals surface area contributed by atoms with E-state index in [1.54, 1.807) is 12.1 Å². The van der Waals surface area contributed by atoms with Crippen molar-refractivity contribution >= 4 is 16.9 Å². The molecule has 0 aliphatic carbocycles. The number of hydrogen-bond donors (Lipinski definition) is 2. The van der Waals surface area contributed by atoms with Gasteiger partial charge in [-0.25, -0.2) is 9.78 Å². The Kier molecular flexibility index (Phi) is 5.33. The zero-order chi connectivity index (χ0) is 17.9. The first-order chi connectivity index (χ1) is 11.4. The summed E-state index contributed by atoms with van der Waals surface area (Å²) in [4.78, 5) is 43.7. The second-order valence-corrected chi connectivity index (χ2v) is 5.86. The fraction of sp³-hybridized carbons (Fsp3) is 0.412. The molecular formula is C17H22N4O3. The molecule has 2 heterocycles. The molecule has 0 aliphatic rings. The van der Waals surface area contributed by atoms with Gasteiger partial charge in [0.1, 0.15) is 0 Å². The molecule has 0 aromatic carbocycles. The van der Waals surface area contributed by atoms with E-state index in [9.17, 15) is 14.4 Å². The van der Waals surface area contributed by atoms with Crippen LogP contribution in [-0.2, 0) is 6.54 Å². The van der Waals surface area contributed by atoms with Gasteiger partial charge >= 0.3 is 5.69 Å². The molecule has 24 heavy (non-hydrogen) atoms. The molecule has 0 unspecified atom stereocenters. The Morgan fingerprint density at radius 2 is 2.17 bits per heavy atom. The minimum absolute atomic E-state index is 0.0461. The fourth-order valence-electron chi connectivity index (χ4n) is 2.46. The van der Waals surface area contributed by atoms with E-state index in [1.807, 2.05) is 20.8 Å². The van der Waals surface area contributed by atoms with Crippen molar-refractivity contribution in [2.45, 2.75) is 39.7 Å². The summed E-state index contributed by atoms with van der Waals surface area (Å²) in [5.74, 6) is -0.346. The molecule has 1 amide bonds. The lowest BCUT2D eigenvalue weighted by Crippen LogP contribution is -2.33. The molecule has 0 bridgehead atoms. The minimum Gasteiger partial charge on any atom is -0.349 e. The third kappa shape index (κ3) is 3.29. The number of pyridine rings is 1. The Bertz CT molecular complexity index is 893. The van der Waals surface area contributed by atoms with Gasteiger partial charge in [0.2, 0.25) is 0 Å². The summed E-state index contributed by atoms with van der Waals surface area (Å²) in [5, 5.41) is 2.81. The van der Waals surface area contributed by atoms with Crippen LogP contribution in [0.4, 0.5) is 0 Å². The summed E-state index contributed by atoms with van der Waals surface area (Å²) in [5.41, 5.74) is 0.00688. The zero-order valence-corrected chi connectivity index (χ0v) is 14.2. The molecule has 2 rings (SSSR count). The molecule has 0 spiro atoms. The van der Waals surface area contributed by atoms with Gasteiger partial charge in [0, 0.05) is 18.8 Å². The normalized spacial score (nSPS) is 11.0. The van der Waals surface area contributed by atoms with Crippen molar-refractivity contribution in [3.63, 3.8) is 0 Å². The van der Waals surface area contributed by atoms with Crippen LogP contribution < -0.4 is 16.6 Å². The second kappa shape index (κ2) is 7.25. The SMILES string of the molecule is C=CCNC(=O)c1cc(C(C)C)nc2c1c(=O)[nH]c(=O)n2CCC. The summed E-state index contributed by atoms with van der Waals surface area (Å²) >= 11 is 0. The van der Waals surface area contributed by atoms with E-state index < -0.39 is 17.2 Å². The number of hydrogen-bond acceptors (Lipinski definition) is 4. The smallest absolute Gasteiger partial charge is 0.329 e. The first-order valence-corrected chi connectivity index (χ1v) is 7.97. The number of carbonyl (C=O) groups excluding carboxylic acids is 1. The second-order valence-electron chi connectivity index (χ2n) is 5.86. The predicted octanol–water partition coefficient (Wildman–Crippen LogP) is 1.53. The van der Waals surface area contributed by atoms with Crippen molar-refractivity contribution in [1.82, 2.24) is 19.9 Å². The number of aromatic amines is 1. The van der Waals surface area contributed by atoms with Crippen LogP contribution in [0.5, 0.6) is 0 Å². The maximum atomic E-state index is 12.5. The maximum absolute atomic E-state index is 12.5. The Labute approximate surface area is 139 Å². The van der Waals surface area contributed by atoms with Crippen LogP contribution in [0.1, 0.15) is 49.2 Å². The van der Waals surface area contributed by atoms with Gasteiger partial charge in [-0.15, -0.1) is 6.58 Å². The number of carbonyl (C=O) groups is 1. The number of aryl methyl sites for hydroxylation is 1. The predicted molar refractivity (Wildman–Crippen MR) is 93.5 cm³/mol. The molecule has 2 aromatic rings. The lowest BCUT2D eigenvalue weighted by atomic mass is 10.0. The van der Waals surface area contributed by atoms with E-state index >= 15 is 0 Å². The highest BCUT2D eigenvalue weighted by molar-refractivity contribution is 6.05. The Hall–Kier alpha value is -2.70. The first kappa shape index (κ1) is 17.7. The highest BCUT2D eigenvalue weighted by Gasteiger charge is 2.19. The van der Waals surface area contributed by atoms with Crippen LogP contribution in [0.15, 0.2) is 28.3 Å². The van der Waals surface area contributed by atoms with E-state index in [0.717, 1.165) is 0 Å². The van der Waals surface area contributed by atoms with Crippen molar-refractivity contribution < 1.29 is 4.79 Å². The van der Waals surface area contributed by atoms with Crippen molar-refractivity contribution in [3.05, 3.63) is 50.8 Å². The zero-order valence-electron chi connectivity index (χ0n) is 14.2. The highest BCUT2D eigenvalue weighted by Crippen LogP contribution is 2.19. The topological polar surface area (TPSA) is 96.8 Å². The molecule has 0 saturated carbocycles. The highest BCUT2D eigenvalue weighted by atomic mass is 16.2. The Balaban J connectivity index is 2.87. The number of aromatic nitrogens is 3. The third-order valence-electron chi connectivity index (χ3n) is 3.66. The fourth-order valence-corrected chi connectivity index (χ4v) is 2.46. The Morgan fingerprint density at radius 3 is 2.75 bits per heavy atom. The molecule has 0 radical (unpaired) electrons. The quantitative estimate of drug-likeness (QED) is 0.785. The van der Waals surface area contributed by atoms with E-state index in [2.05, 4.69) is 21.9 Å². The van der Waals surface area contributed by atoms with E-state index in [1.165, 1.54) is 4.57 Å². The molecule has 2 N–H and O–H groups in total.